The predicted octanol–water partition coefficient (Wildman–Crippen LogP) is 1.92. The van der Waals surface area contributed by atoms with E-state index in [0.29, 0.717) is 6.92 Å². The molecule has 3 atom stereocenters. The molecule has 1 aromatic carbocycles. The fourth-order valence-corrected chi connectivity index (χ4v) is 5.91. The monoisotopic (exact) mass is 611 g/mol. The number of rotatable bonds is 4. The second-order valence-electron chi connectivity index (χ2n) is 9.52. The number of carbonyl (C=O) groups excluding carboxylic acids is 3. The zero-order valence-electron chi connectivity index (χ0n) is 21.3. The first kappa shape index (κ1) is 30.2. The van der Waals surface area contributed by atoms with Crippen molar-refractivity contribution >= 4 is 33.4 Å². The fraction of sp³-hybridized carbons (Fsp3) is 0.435. The molecule has 0 bridgehead atoms. The Kier molecular flexibility index (Phi) is 8.01. The lowest BCUT2D eigenvalue weighted by atomic mass is 10.1. The minimum absolute atomic E-state index is 0.198. The molecule has 41 heavy (non-hydrogen) atoms. The van der Waals surface area contributed by atoms with Crippen molar-refractivity contribution in [2.75, 3.05) is 25.0 Å². The average Bonchev–Trinajstić information content (AvgIpc) is 3.41. The molecule has 4 rings (SSSR count). The third kappa shape index (κ3) is 6.12. The third-order valence-corrected chi connectivity index (χ3v) is 8.09. The molecule has 0 spiro atoms. The molecule has 3 N–H and O–H groups in total. The lowest BCUT2D eigenvalue weighted by molar-refractivity contribution is -0.162. The molecule has 2 aliphatic heterocycles. The number of nitrogens with one attached hydrogen (secondary N) is 3. The Morgan fingerprint density at radius 1 is 1.17 bits per heavy atom. The Balaban J connectivity index is 1.54. The zero-order valence-corrected chi connectivity index (χ0v) is 22.1. The molecular formula is C23H23F6N5O6S. The number of benzene rings is 1. The summed E-state index contributed by atoms with van der Waals surface area (Å²) >= 11 is 0. The number of likely N-dealkylation sites (tertiary alicyclic amines) is 1. The van der Waals surface area contributed by atoms with Gasteiger partial charge in [0.15, 0.2) is 11.4 Å². The molecule has 0 radical (unpaired) electrons. The average molecular weight is 612 g/mol. The van der Waals surface area contributed by atoms with Crippen LogP contribution in [0.25, 0.3) is 0 Å². The van der Waals surface area contributed by atoms with Crippen LogP contribution in [0.4, 0.5) is 32.0 Å². The first-order valence-electron chi connectivity index (χ1n) is 11.9. The first-order valence-corrected chi connectivity index (χ1v) is 13.4. The van der Waals surface area contributed by atoms with Crippen LogP contribution < -0.4 is 20.1 Å². The molecule has 1 aromatic heterocycles. The molecule has 1 saturated heterocycles. The van der Waals surface area contributed by atoms with Crippen LogP contribution in [-0.4, -0.2) is 73.6 Å². The highest BCUT2D eigenvalue weighted by Gasteiger charge is 2.44. The quantitative estimate of drug-likeness (QED) is 0.357. The van der Waals surface area contributed by atoms with Crippen molar-refractivity contribution in [1.29, 1.82) is 0 Å². The zero-order chi connectivity index (χ0) is 30.4. The molecule has 2 unspecified atom stereocenters. The minimum atomic E-state index is -4.79. The summed E-state index contributed by atoms with van der Waals surface area (Å²) in [4.78, 5) is 38.1. The smallest absolute Gasteiger partial charge is 0.408 e. The minimum Gasteiger partial charge on any atom is -0.489 e. The molecular weight excluding hydrogens is 588 g/mol. The number of aromatic nitrogens is 1. The van der Waals surface area contributed by atoms with Gasteiger partial charge < -0.3 is 24.8 Å². The number of ether oxygens (including phenoxy) is 1. The fourth-order valence-electron chi connectivity index (χ4n) is 4.43. The van der Waals surface area contributed by atoms with Gasteiger partial charge >= 0.3 is 18.0 Å². The Labute approximate surface area is 228 Å². The number of fused-ring (bicyclic) bond motifs is 2. The van der Waals surface area contributed by atoms with E-state index in [9.17, 15) is 49.1 Å². The maximum absolute atomic E-state index is 13.6. The lowest BCUT2D eigenvalue weighted by Gasteiger charge is -2.23. The van der Waals surface area contributed by atoms with E-state index in [1.165, 1.54) is 7.05 Å². The van der Waals surface area contributed by atoms with E-state index >= 15 is 0 Å². The summed E-state index contributed by atoms with van der Waals surface area (Å²) in [5, 5.41) is 3.85. The van der Waals surface area contributed by atoms with E-state index in [4.69, 9.17) is 4.74 Å². The van der Waals surface area contributed by atoms with Crippen LogP contribution in [0.1, 0.15) is 29.4 Å². The van der Waals surface area contributed by atoms with E-state index in [1.807, 2.05) is 0 Å². The maximum Gasteiger partial charge on any atom is 0.408 e. The van der Waals surface area contributed by atoms with Crippen molar-refractivity contribution in [2.24, 2.45) is 13.0 Å². The van der Waals surface area contributed by atoms with E-state index in [1.54, 1.807) is 5.32 Å². The van der Waals surface area contributed by atoms with Crippen LogP contribution in [0, 0.1) is 11.7 Å². The van der Waals surface area contributed by atoms with Gasteiger partial charge in [-0.05, 0) is 25.1 Å². The highest BCUT2D eigenvalue weighted by molar-refractivity contribution is 7.89. The molecule has 3 amide bonds. The SMILES string of the molecule is CC(NC(=O)C(=O)N1CC2NS(=O)(=O)c3cn(C)c(C(=O)Nc4ccc(F)c(C(F)F)c4)c3OC[C@@H]2C1)C(F)(F)F. The summed E-state index contributed by atoms with van der Waals surface area (Å²) in [6, 6.07) is -0.785. The number of hydrogen-bond acceptors (Lipinski definition) is 6. The van der Waals surface area contributed by atoms with Crippen molar-refractivity contribution in [3.05, 3.63) is 41.5 Å². The van der Waals surface area contributed by atoms with Gasteiger partial charge in [-0.3, -0.25) is 14.4 Å². The second kappa shape index (κ2) is 10.9. The lowest BCUT2D eigenvalue weighted by Crippen LogP contribution is -2.50. The van der Waals surface area contributed by atoms with Crippen LogP contribution in [-0.2, 0) is 26.7 Å². The molecule has 0 saturated carbocycles. The number of carbonyl (C=O) groups is 3. The Hall–Kier alpha value is -3.80. The Morgan fingerprint density at radius 2 is 1.85 bits per heavy atom. The summed E-state index contributed by atoms with van der Waals surface area (Å²) in [5.41, 5.74) is -1.48. The van der Waals surface area contributed by atoms with Gasteiger partial charge in [0.25, 0.3) is 12.3 Å². The number of sulfonamides is 1. The molecule has 0 aliphatic carbocycles. The molecule has 2 aliphatic rings. The standard InChI is InChI=1S/C23H23F6N5O6S/c1-10(23(27,28)29)30-21(36)22(37)34-6-11-9-40-18-16(41(38,39)32-15(11)7-34)8-33(2)17(18)20(35)31-12-3-4-14(24)13(5-12)19(25)26/h3-5,8,10-11,15,19,32H,6-7,9H2,1-2H3,(H,30,36)(H,31,35)/t10?,11-,15?/m0/s1. The molecule has 11 nitrogen and oxygen atoms in total. The summed E-state index contributed by atoms with van der Waals surface area (Å²) in [6.45, 7) is -0.215. The summed E-state index contributed by atoms with van der Waals surface area (Å²) in [7, 11) is -3.08. The number of nitrogens with zero attached hydrogens (tertiary/aromatic N) is 2. The number of amides is 3. The molecule has 18 heteroatoms. The van der Waals surface area contributed by atoms with Gasteiger partial charge in [0, 0.05) is 44.0 Å². The van der Waals surface area contributed by atoms with E-state index < -0.39 is 80.4 Å². The largest absolute Gasteiger partial charge is 0.489 e. The van der Waals surface area contributed by atoms with Crippen LogP contribution in [0.15, 0.2) is 29.3 Å². The van der Waals surface area contributed by atoms with Gasteiger partial charge in [-0.25, -0.2) is 26.3 Å². The summed E-state index contributed by atoms with van der Waals surface area (Å²) in [5.74, 6) is -6.13. The van der Waals surface area contributed by atoms with Crippen molar-refractivity contribution in [3.63, 3.8) is 0 Å². The van der Waals surface area contributed by atoms with Crippen molar-refractivity contribution in [3.8, 4) is 5.75 Å². The van der Waals surface area contributed by atoms with Gasteiger partial charge in [0.2, 0.25) is 10.0 Å². The van der Waals surface area contributed by atoms with E-state index in [0.717, 1.165) is 33.9 Å². The second-order valence-corrected chi connectivity index (χ2v) is 11.2. The first-order chi connectivity index (χ1) is 19.0. The van der Waals surface area contributed by atoms with E-state index in [2.05, 4.69) is 10.0 Å². The maximum atomic E-state index is 13.6. The van der Waals surface area contributed by atoms with Crippen LogP contribution in [0.3, 0.4) is 0 Å². The van der Waals surface area contributed by atoms with Crippen LogP contribution >= 0.6 is 0 Å². The molecule has 1 fully saturated rings. The Bertz CT molecular complexity index is 1490. The van der Waals surface area contributed by atoms with E-state index in [-0.39, 0.29) is 31.1 Å². The molecule has 224 valence electrons. The van der Waals surface area contributed by atoms with Crippen LogP contribution in [0.2, 0.25) is 0 Å². The number of aryl methyl sites for hydroxylation is 1. The topological polar surface area (TPSA) is 139 Å². The van der Waals surface area contributed by atoms with Gasteiger partial charge in [-0.15, -0.1) is 0 Å². The number of anilines is 1. The number of halogens is 6. The van der Waals surface area contributed by atoms with Crippen molar-refractivity contribution in [1.82, 2.24) is 19.5 Å². The van der Waals surface area contributed by atoms with Crippen LogP contribution in [0.5, 0.6) is 5.75 Å². The molecule has 2 aromatic rings. The highest BCUT2D eigenvalue weighted by Crippen LogP contribution is 2.35. The molecule has 3 heterocycles. The number of hydrogen-bond donors (Lipinski definition) is 3. The van der Waals surface area contributed by atoms with Crippen molar-refractivity contribution in [2.45, 2.75) is 36.5 Å². The third-order valence-electron chi connectivity index (χ3n) is 6.61. The summed E-state index contributed by atoms with van der Waals surface area (Å²) in [6.07, 6.45) is -6.88. The predicted molar refractivity (Wildman–Crippen MR) is 128 cm³/mol. The van der Waals surface area contributed by atoms with Gasteiger partial charge in [0.1, 0.15) is 16.8 Å². The van der Waals surface area contributed by atoms with Gasteiger partial charge in [-0.1, -0.05) is 0 Å². The van der Waals surface area contributed by atoms with Gasteiger partial charge in [-0.2, -0.15) is 13.2 Å². The normalized spacial score (nSPS) is 20.8. The van der Waals surface area contributed by atoms with Gasteiger partial charge in [0.05, 0.1) is 12.2 Å². The van der Waals surface area contributed by atoms with Crippen molar-refractivity contribution < 1.29 is 53.9 Å². The highest BCUT2D eigenvalue weighted by atomic mass is 32.2. The summed E-state index contributed by atoms with van der Waals surface area (Å²) < 4.78 is 114. The number of alkyl halides is 5. The Morgan fingerprint density at radius 3 is 2.49 bits per heavy atom.